The van der Waals surface area contributed by atoms with Crippen LogP contribution >= 0.6 is 0 Å². The maximum Gasteiger partial charge on any atom is 0.319 e. The topological polar surface area (TPSA) is 56.8 Å². The highest BCUT2D eigenvalue weighted by Crippen LogP contribution is 2.25. The zero-order valence-corrected chi connectivity index (χ0v) is 18.6. The number of rotatable bonds is 7. The number of anilines is 2. The summed E-state index contributed by atoms with van der Waals surface area (Å²) in [6.45, 7) is 12.2. The molecule has 1 fully saturated rings. The molecule has 6 heteroatoms. The molecule has 30 heavy (non-hydrogen) atoms. The van der Waals surface area contributed by atoms with Crippen molar-refractivity contribution in [2.45, 2.75) is 27.2 Å². The van der Waals surface area contributed by atoms with Crippen LogP contribution in [0.1, 0.15) is 23.1 Å². The lowest BCUT2D eigenvalue weighted by Gasteiger charge is -2.37. The Hall–Kier alpha value is -2.73. The largest absolute Gasteiger partial charge is 0.495 e. The van der Waals surface area contributed by atoms with Crippen molar-refractivity contribution in [1.29, 1.82) is 0 Å². The molecule has 2 N–H and O–H groups in total. The summed E-state index contributed by atoms with van der Waals surface area (Å²) in [6.07, 6.45) is 0.932. The van der Waals surface area contributed by atoms with Crippen molar-refractivity contribution >= 4 is 17.4 Å². The van der Waals surface area contributed by atoms with Crippen molar-refractivity contribution in [3.8, 4) is 5.75 Å². The number of nitrogens with zero attached hydrogens (tertiary/aromatic N) is 2. The van der Waals surface area contributed by atoms with Gasteiger partial charge in [0.15, 0.2) is 0 Å². The minimum absolute atomic E-state index is 0.196. The fraction of sp³-hybridized carbons (Fsp3) is 0.458. The first-order valence-corrected chi connectivity index (χ1v) is 10.7. The molecular formula is C24H34N4O2. The number of benzene rings is 2. The molecule has 0 saturated carbocycles. The van der Waals surface area contributed by atoms with Crippen molar-refractivity contribution in [3.63, 3.8) is 0 Å². The Balaban J connectivity index is 1.37. The SMILES string of the molecule is COc1ccc(C)cc1NC(=O)NCCCN1CCN(c2cc(C)ccc2C)CC1. The highest BCUT2D eigenvalue weighted by molar-refractivity contribution is 5.91. The van der Waals surface area contributed by atoms with Gasteiger partial charge in [0.1, 0.15) is 5.75 Å². The van der Waals surface area contributed by atoms with Gasteiger partial charge in [0.2, 0.25) is 0 Å². The quantitative estimate of drug-likeness (QED) is 0.679. The maximum absolute atomic E-state index is 12.2. The van der Waals surface area contributed by atoms with Crippen LogP contribution in [0.4, 0.5) is 16.2 Å². The second kappa shape index (κ2) is 10.3. The molecule has 2 aromatic carbocycles. The van der Waals surface area contributed by atoms with E-state index < -0.39 is 0 Å². The fourth-order valence-corrected chi connectivity index (χ4v) is 3.86. The first kappa shape index (κ1) is 22.0. The molecule has 1 aliphatic rings. The molecule has 0 atom stereocenters. The Bertz CT molecular complexity index is 860. The number of amides is 2. The number of urea groups is 1. The Morgan fingerprint density at radius 2 is 1.70 bits per heavy atom. The maximum atomic E-state index is 12.2. The molecule has 0 spiro atoms. The van der Waals surface area contributed by atoms with E-state index in [9.17, 15) is 4.79 Å². The van der Waals surface area contributed by atoms with Crippen LogP contribution in [-0.4, -0.2) is 57.3 Å². The first-order valence-electron chi connectivity index (χ1n) is 10.7. The number of hydrogen-bond acceptors (Lipinski definition) is 4. The third-order valence-corrected chi connectivity index (χ3v) is 5.62. The standard InChI is InChI=1S/C24H34N4O2/c1-18-7-9-23(30-4)21(16-18)26-24(29)25-10-5-11-27-12-14-28(15-13-27)22-17-19(2)6-8-20(22)3/h6-9,16-17H,5,10-15H2,1-4H3,(H2,25,26,29). The lowest BCUT2D eigenvalue weighted by Crippen LogP contribution is -2.47. The molecule has 162 valence electrons. The van der Waals surface area contributed by atoms with Crippen LogP contribution in [0.2, 0.25) is 0 Å². The van der Waals surface area contributed by atoms with Gasteiger partial charge >= 0.3 is 6.03 Å². The third-order valence-electron chi connectivity index (χ3n) is 5.62. The van der Waals surface area contributed by atoms with E-state index in [4.69, 9.17) is 4.74 Å². The molecule has 1 aliphatic heterocycles. The van der Waals surface area contributed by atoms with E-state index in [-0.39, 0.29) is 6.03 Å². The average molecular weight is 411 g/mol. The smallest absolute Gasteiger partial charge is 0.319 e. The number of carbonyl (C=O) groups excluding carboxylic acids is 1. The Morgan fingerprint density at radius 1 is 1.00 bits per heavy atom. The molecule has 1 heterocycles. The summed E-state index contributed by atoms with van der Waals surface area (Å²) >= 11 is 0. The van der Waals surface area contributed by atoms with Gasteiger partial charge in [-0.1, -0.05) is 18.2 Å². The minimum Gasteiger partial charge on any atom is -0.495 e. The zero-order chi connectivity index (χ0) is 21.5. The predicted molar refractivity (Wildman–Crippen MR) is 124 cm³/mol. The normalized spacial score (nSPS) is 14.5. The van der Waals surface area contributed by atoms with Crippen LogP contribution in [-0.2, 0) is 0 Å². The number of methoxy groups -OCH3 is 1. The van der Waals surface area contributed by atoms with Crippen LogP contribution in [0.5, 0.6) is 5.75 Å². The lowest BCUT2D eigenvalue weighted by molar-refractivity contribution is 0.244. The molecule has 0 unspecified atom stereocenters. The molecule has 2 amide bonds. The molecule has 0 aromatic heterocycles. The lowest BCUT2D eigenvalue weighted by atomic mass is 10.1. The summed E-state index contributed by atoms with van der Waals surface area (Å²) in [5.41, 5.74) is 5.78. The van der Waals surface area contributed by atoms with Crippen molar-refractivity contribution in [2.24, 2.45) is 0 Å². The van der Waals surface area contributed by atoms with Gasteiger partial charge in [-0.15, -0.1) is 0 Å². The summed E-state index contributed by atoms with van der Waals surface area (Å²) in [7, 11) is 1.60. The second-order valence-electron chi connectivity index (χ2n) is 8.06. The van der Waals surface area contributed by atoms with Crippen molar-refractivity contribution in [1.82, 2.24) is 10.2 Å². The Morgan fingerprint density at radius 3 is 2.43 bits per heavy atom. The summed E-state index contributed by atoms with van der Waals surface area (Å²) in [5, 5.41) is 5.83. The summed E-state index contributed by atoms with van der Waals surface area (Å²) in [4.78, 5) is 17.2. The van der Waals surface area contributed by atoms with Gasteiger partial charge in [0.05, 0.1) is 12.8 Å². The van der Waals surface area contributed by atoms with E-state index in [2.05, 4.69) is 52.5 Å². The van der Waals surface area contributed by atoms with Crippen molar-refractivity contribution < 1.29 is 9.53 Å². The number of hydrogen-bond donors (Lipinski definition) is 2. The number of ether oxygens (including phenoxy) is 1. The molecular weight excluding hydrogens is 376 g/mol. The van der Waals surface area contributed by atoms with Crippen LogP contribution in [0.25, 0.3) is 0 Å². The molecule has 1 saturated heterocycles. The van der Waals surface area contributed by atoms with Gasteiger partial charge in [-0.3, -0.25) is 4.90 Å². The number of piperazine rings is 1. The Labute approximate surface area is 180 Å². The number of aryl methyl sites for hydroxylation is 3. The number of nitrogens with one attached hydrogen (secondary N) is 2. The van der Waals surface area contributed by atoms with E-state index in [1.807, 2.05) is 25.1 Å². The predicted octanol–water partition coefficient (Wildman–Crippen LogP) is 3.95. The van der Waals surface area contributed by atoms with Crippen molar-refractivity contribution in [2.75, 3.05) is 56.6 Å². The molecule has 0 aliphatic carbocycles. The zero-order valence-electron chi connectivity index (χ0n) is 18.6. The van der Waals surface area contributed by atoms with Crippen LogP contribution in [0.3, 0.4) is 0 Å². The molecule has 2 aromatic rings. The number of carbonyl (C=O) groups is 1. The molecule has 0 bridgehead atoms. The minimum atomic E-state index is -0.196. The molecule has 3 rings (SSSR count). The highest BCUT2D eigenvalue weighted by Gasteiger charge is 2.18. The highest BCUT2D eigenvalue weighted by atomic mass is 16.5. The van der Waals surface area contributed by atoms with Crippen LogP contribution in [0.15, 0.2) is 36.4 Å². The second-order valence-corrected chi connectivity index (χ2v) is 8.06. The summed E-state index contributed by atoms with van der Waals surface area (Å²) < 4.78 is 5.31. The summed E-state index contributed by atoms with van der Waals surface area (Å²) in [5.74, 6) is 0.664. The van der Waals surface area contributed by atoms with E-state index >= 15 is 0 Å². The van der Waals surface area contributed by atoms with Gasteiger partial charge < -0.3 is 20.3 Å². The average Bonchev–Trinajstić information content (AvgIpc) is 2.74. The van der Waals surface area contributed by atoms with E-state index in [1.54, 1.807) is 7.11 Å². The van der Waals surface area contributed by atoms with Crippen LogP contribution in [0, 0.1) is 20.8 Å². The van der Waals surface area contributed by atoms with E-state index in [0.717, 1.165) is 44.7 Å². The van der Waals surface area contributed by atoms with Crippen LogP contribution < -0.4 is 20.3 Å². The molecule has 6 nitrogen and oxygen atoms in total. The first-order chi connectivity index (χ1) is 14.5. The fourth-order valence-electron chi connectivity index (χ4n) is 3.86. The van der Waals surface area contributed by atoms with Gasteiger partial charge in [-0.2, -0.15) is 0 Å². The third kappa shape index (κ3) is 5.89. The van der Waals surface area contributed by atoms with Gasteiger partial charge in [0.25, 0.3) is 0 Å². The summed E-state index contributed by atoms with van der Waals surface area (Å²) in [6, 6.07) is 12.2. The molecule has 0 radical (unpaired) electrons. The van der Waals surface area contributed by atoms with E-state index in [1.165, 1.54) is 16.8 Å². The van der Waals surface area contributed by atoms with Gasteiger partial charge in [-0.05, 0) is 68.6 Å². The van der Waals surface area contributed by atoms with Gasteiger partial charge in [0, 0.05) is 38.4 Å². The van der Waals surface area contributed by atoms with Gasteiger partial charge in [-0.25, -0.2) is 4.79 Å². The van der Waals surface area contributed by atoms with E-state index in [0.29, 0.717) is 18.0 Å². The Kier molecular flexibility index (Phi) is 7.57. The monoisotopic (exact) mass is 410 g/mol. The van der Waals surface area contributed by atoms with Crippen molar-refractivity contribution in [3.05, 3.63) is 53.1 Å².